The number of anilines is 1. The van der Waals surface area contributed by atoms with Crippen LogP contribution in [0.4, 0.5) is 5.69 Å². The summed E-state index contributed by atoms with van der Waals surface area (Å²) in [4.78, 5) is 42.4. The average molecular weight is 427 g/mol. The van der Waals surface area contributed by atoms with Crippen LogP contribution >= 0.6 is 11.3 Å². The van der Waals surface area contributed by atoms with Crippen LogP contribution in [0.2, 0.25) is 0 Å². The van der Waals surface area contributed by atoms with Gasteiger partial charge in [0, 0.05) is 32.2 Å². The molecule has 1 aromatic carbocycles. The minimum absolute atomic E-state index is 0.0684. The van der Waals surface area contributed by atoms with Crippen molar-refractivity contribution in [1.29, 1.82) is 0 Å². The Kier molecular flexibility index (Phi) is 6.15. The van der Waals surface area contributed by atoms with E-state index in [1.54, 1.807) is 35.2 Å². The van der Waals surface area contributed by atoms with E-state index in [-0.39, 0.29) is 23.8 Å². The first-order valence-corrected chi connectivity index (χ1v) is 11.2. The number of thiophene rings is 1. The molecule has 0 bridgehead atoms. The molecule has 4 rings (SSSR count). The maximum Gasteiger partial charge on any atom is 0.265 e. The van der Waals surface area contributed by atoms with Crippen molar-refractivity contribution in [2.45, 2.75) is 31.8 Å². The van der Waals surface area contributed by atoms with E-state index in [1.807, 2.05) is 18.4 Å². The third-order valence-corrected chi connectivity index (χ3v) is 6.47. The van der Waals surface area contributed by atoms with Gasteiger partial charge in [-0.15, -0.1) is 11.3 Å². The number of amides is 3. The number of nitrogens with zero attached hydrogens (tertiary/aromatic N) is 2. The van der Waals surface area contributed by atoms with Crippen LogP contribution in [-0.4, -0.2) is 65.8 Å². The van der Waals surface area contributed by atoms with Gasteiger partial charge < -0.3 is 15.5 Å². The number of para-hydroxylation sites is 1. The molecule has 30 heavy (non-hydrogen) atoms. The van der Waals surface area contributed by atoms with Gasteiger partial charge in [-0.25, -0.2) is 0 Å². The van der Waals surface area contributed by atoms with Crippen LogP contribution in [0.5, 0.6) is 0 Å². The molecule has 0 radical (unpaired) electrons. The maximum absolute atomic E-state index is 13.1. The minimum atomic E-state index is -0.217. The fourth-order valence-corrected chi connectivity index (χ4v) is 4.19. The molecule has 1 unspecified atom stereocenters. The molecule has 2 fully saturated rings. The van der Waals surface area contributed by atoms with Gasteiger partial charge in [-0.1, -0.05) is 18.2 Å². The van der Waals surface area contributed by atoms with Crippen LogP contribution in [0.15, 0.2) is 41.8 Å². The van der Waals surface area contributed by atoms with E-state index in [1.165, 1.54) is 11.3 Å². The predicted octanol–water partition coefficient (Wildman–Crippen LogP) is 2.43. The number of carbonyl (C=O) groups is 3. The van der Waals surface area contributed by atoms with Gasteiger partial charge in [0.1, 0.15) is 0 Å². The molecule has 2 heterocycles. The van der Waals surface area contributed by atoms with Gasteiger partial charge >= 0.3 is 0 Å². The Balaban J connectivity index is 1.37. The molecule has 8 heteroatoms. The van der Waals surface area contributed by atoms with Crippen LogP contribution in [0.1, 0.15) is 39.8 Å². The second-order valence-corrected chi connectivity index (χ2v) is 8.71. The Labute approximate surface area is 180 Å². The van der Waals surface area contributed by atoms with Crippen molar-refractivity contribution in [2.75, 3.05) is 31.5 Å². The van der Waals surface area contributed by atoms with Gasteiger partial charge in [-0.3, -0.25) is 19.3 Å². The highest BCUT2D eigenvalue weighted by molar-refractivity contribution is 7.12. The summed E-state index contributed by atoms with van der Waals surface area (Å²) < 4.78 is 0. The number of piperazine rings is 1. The number of hydrogen-bond acceptors (Lipinski definition) is 5. The molecule has 1 aromatic heterocycles. The summed E-state index contributed by atoms with van der Waals surface area (Å²) in [5.41, 5.74) is 0.996. The normalized spacial score (nSPS) is 18.0. The van der Waals surface area contributed by atoms with Gasteiger partial charge in [-0.05, 0) is 43.3 Å². The second kappa shape index (κ2) is 8.97. The molecule has 2 aliphatic rings. The van der Waals surface area contributed by atoms with E-state index < -0.39 is 0 Å². The molecule has 1 saturated heterocycles. The van der Waals surface area contributed by atoms with E-state index >= 15 is 0 Å². The molecule has 3 amide bonds. The largest absolute Gasteiger partial charge is 0.352 e. The van der Waals surface area contributed by atoms with Gasteiger partial charge in [0.2, 0.25) is 5.91 Å². The zero-order valence-electron chi connectivity index (χ0n) is 17.0. The monoisotopic (exact) mass is 426 g/mol. The van der Waals surface area contributed by atoms with Crippen molar-refractivity contribution >= 4 is 34.7 Å². The fourth-order valence-electron chi connectivity index (χ4n) is 3.57. The molecular weight excluding hydrogens is 400 g/mol. The quantitative estimate of drug-likeness (QED) is 0.743. The fraction of sp³-hybridized carbons (Fsp3) is 0.409. The topological polar surface area (TPSA) is 81.8 Å². The number of hydrogen-bond donors (Lipinski definition) is 2. The highest BCUT2D eigenvalue weighted by atomic mass is 32.1. The number of benzene rings is 1. The average Bonchev–Trinajstić information content (AvgIpc) is 3.40. The van der Waals surface area contributed by atoms with E-state index in [0.29, 0.717) is 48.3 Å². The lowest BCUT2D eigenvalue weighted by Gasteiger charge is -2.37. The van der Waals surface area contributed by atoms with E-state index in [0.717, 1.165) is 12.8 Å². The minimum Gasteiger partial charge on any atom is -0.352 e. The zero-order chi connectivity index (χ0) is 21.1. The molecule has 1 aliphatic carbocycles. The molecule has 1 aliphatic heterocycles. The predicted molar refractivity (Wildman–Crippen MR) is 117 cm³/mol. The number of nitrogens with one attached hydrogen (secondary N) is 2. The zero-order valence-corrected chi connectivity index (χ0v) is 17.8. The maximum atomic E-state index is 13.1. The lowest BCUT2D eigenvalue weighted by atomic mass is 10.1. The number of carbonyl (C=O) groups excluding carboxylic acids is 3. The van der Waals surface area contributed by atoms with Crippen LogP contribution in [-0.2, 0) is 4.79 Å². The smallest absolute Gasteiger partial charge is 0.265 e. The first kappa shape index (κ1) is 20.6. The molecule has 2 N–H and O–H groups in total. The Morgan fingerprint density at radius 1 is 1.03 bits per heavy atom. The Morgan fingerprint density at radius 3 is 2.43 bits per heavy atom. The highest BCUT2D eigenvalue weighted by Gasteiger charge is 2.31. The molecular formula is C22H26N4O3S. The third kappa shape index (κ3) is 4.71. The third-order valence-electron chi connectivity index (χ3n) is 5.60. The standard InChI is InChI=1S/C22H26N4O3S/c1-15(20(27)23-16-8-9-16)25-10-12-26(13-11-25)22(29)17-5-2-3-6-18(17)24-21(28)19-7-4-14-30-19/h2-7,14-16H,8-13H2,1H3,(H,23,27)(H,24,28). The lowest BCUT2D eigenvalue weighted by molar-refractivity contribution is -0.126. The first-order chi connectivity index (χ1) is 14.5. The van der Waals surface area contributed by atoms with Crippen molar-refractivity contribution in [1.82, 2.24) is 15.1 Å². The second-order valence-electron chi connectivity index (χ2n) is 7.76. The van der Waals surface area contributed by atoms with Crippen LogP contribution in [0.25, 0.3) is 0 Å². The van der Waals surface area contributed by atoms with Crippen LogP contribution in [0, 0.1) is 0 Å². The van der Waals surface area contributed by atoms with Gasteiger partial charge in [-0.2, -0.15) is 0 Å². The van der Waals surface area contributed by atoms with E-state index in [4.69, 9.17) is 0 Å². The van der Waals surface area contributed by atoms with E-state index in [9.17, 15) is 14.4 Å². The van der Waals surface area contributed by atoms with Crippen molar-refractivity contribution < 1.29 is 14.4 Å². The van der Waals surface area contributed by atoms with Gasteiger partial charge in [0.05, 0.1) is 22.2 Å². The lowest BCUT2D eigenvalue weighted by Crippen LogP contribution is -2.55. The molecule has 1 saturated carbocycles. The Bertz CT molecular complexity index is 918. The summed E-state index contributed by atoms with van der Waals surface area (Å²) in [6.07, 6.45) is 2.15. The van der Waals surface area contributed by atoms with E-state index in [2.05, 4.69) is 15.5 Å². The van der Waals surface area contributed by atoms with Crippen molar-refractivity contribution in [2.24, 2.45) is 0 Å². The summed E-state index contributed by atoms with van der Waals surface area (Å²) in [7, 11) is 0. The highest BCUT2D eigenvalue weighted by Crippen LogP contribution is 2.22. The van der Waals surface area contributed by atoms with Gasteiger partial charge in [0.25, 0.3) is 11.8 Å². The Hall–Kier alpha value is -2.71. The van der Waals surface area contributed by atoms with Gasteiger partial charge in [0.15, 0.2) is 0 Å². The van der Waals surface area contributed by atoms with Crippen molar-refractivity contribution in [3.05, 3.63) is 52.2 Å². The van der Waals surface area contributed by atoms with Crippen molar-refractivity contribution in [3.8, 4) is 0 Å². The molecule has 0 spiro atoms. The van der Waals surface area contributed by atoms with Crippen LogP contribution in [0.3, 0.4) is 0 Å². The summed E-state index contributed by atoms with van der Waals surface area (Å²) in [5, 5.41) is 7.75. The molecule has 158 valence electrons. The SMILES string of the molecule is CC(C(=O)NC1CC1)N1CCN(C(=O)c2ccccc2NC(=O)c2cccs2)CC1. The molecule has 7 nitrogen and oxygen atoms in total. The number of rotatable bonds is 6. The van der Waals surface area contributed by atoms with Crippen molar-refractivity contribution in [3.63, 3.8) is 0 Å². The summed E-state index contributed by atoms with van der Waals surface area (Å²) >= 11 is 1.36. The van der Waals surface area contributed by atoms with Crippen LogP contribution < -0.4 is 10.6 Å². The molecule has 1 atom stereocenters. The summed E-state index contributed by atoms with van der Waals surface area (Å²) in [6.45, 7) is 4.31. The summed E-state index contributed by atoms with van der Waals surface area (Å²) in [5.74, 6) is -0.253. The Morgan fingerprint density at radius 2 is 1.77 bits per heavy atom. The first-order valence-electron chi connectivity index (χ1n) is 10.3. The summed E-state index contributed by atoms with van der Waals surface area (Å²) in [6, 6.07) is 10.8. The molecule has 2 aromatic rings.